The minimum Gasteiger partial charge on any atom is -0.427 e. The molecule has 1 aromatic rings. The van der Waals surface area contributed by atoms with E-state index in [1.807, 2.05) is 0 Å². The first-order chi connectivity index (χ1) is 11.4. The summed E-state index contributed by atoms with van der Waals surface area (Å²) in [7, 11) is 0. The number of ether oxygens (including phenoxy) is 1. The summed E-state index contributed by atoms with van der Waals surface area (Å²) >= 11 is 6.33. The van der Waals surface area contributed by atoms with E-state index in [9.17, 15) is 14.4 Å². The minimum absolute atomic E-state index is 0.120. The van der Waals surface area contributed by atoms with Gasteiger partial charge in [-0.3, -0.25) is 14.4 Å². The van der Waals surface area contributed by atoms with Crippen LogP contribution in [0.3, 0.4) is 0 Å². The number of hydrogen-bond donors (Lipinski definition) is 1. The number of aryl methyl sites for hydroxylation is 1. The lowest BCUT2D eigenvalue weighted by Crippen LogP contribution is -2.40. The highest BCUT2D eigenvalue weighted by Crippen LogP contribution is 2.39. The molecule has 1 aliphatic rings. The number of esters is 1. The van der Waals surface area contributed by atoms with Crippen LogP contribution >= 0.6 is 11.6 Å². The van der Waals surface area contributed by atoms with Gasteiger partial charge in [-0.2, -0.15) is 0 Å². The number of rotatable bonds is 3. The Hall–Kier alpha value is -2.14. The van der Waals surface area contributed by atoms with Crippen molar-refractivity contribution in [2.75, 3.05) is 0 Å². The molecule has 1 heterocycles. The Balaban J connectivity index is 2.74. The molecular weight excluding hydrogens is 342 g/mol. The van der Waals surface area contributed by atoms with Gasteiger partial charge in [-0.05, 0) is 59.2 Å². The van der Waals surface area contributed by atoms with Gasteiger partial charge in [0.2, 0.25) is 0 Å². The molecule has 1 aliphatic heterocycles. The van der Waals surface area contributed by atoms with E-state index in [1.165, 1.54) is 0 Å². The molecule has 6 heteroatoms. The average molecular weight is 364 g/mol. The van der Waals surface area contributed by atoms with Gasteiger partial charge in [0.05, 0.1) is 16.5 Å². The van der Waals surface area contributed by atoms with Gasteiger partial charge in [-0.15, -0.1) is 0 Å². The van der Waals surface area contributed by atoms with Crippen molar-refractivity contribution in [3.63, 3.8) is 0 Å². The first kappa shape index (κ1) is 19.2. The van der Waals surface area contributed by atoms with Crippen LogP contribution in [0.25, 0.3) is 5.57 Å². The molecule has 0 aromatic heterocycles. The van der Waals surface area contributed by atoms with Crippen molar-refractivity contribution >= 4 is 35.3 Å². The minimum atomic E-state index is -0.901. The molecule has 1 amide bonds. The maximum absolute atomic E-state index is 12.6. The topological polar surface area (TPSA) is 72.5 Å². The predicted molar refractivity (Wildman–Crippen MR) is 96.3 cm³/mol. The van der Waals surface area contributed by atoms with Gasteiger partial charge in [0, 0.05) is 16.1 Å². The molecule has 1 N–H and O–H groups in total. The molecule has 0 unspecified atom stereocenters. The molecule has 0 bridgehead atoms. The lowest BCUT2D eigenvalue weighted by Gasteiger charge is -2.25. The van der Waals surface area contributed by atoms with Gasteiger partial charge in [0.15, 0.2) is 6.29 Å². The number of carbonyl (C=O) groups excluding carboxylic acids is 3. The van der Waals surface area contributed by atoms with Gasteiger partial charge in [0.1, 0.15) is 5.76 Å². The van der Waals surface area contributed by atoms with Gasteiger partial charge in [0.25, 0.3) is 5.91 Å². The smallest absolute Gasteiger partial charge is 0.316 e. The van der Waals surface area contributed by atoms with Crippen LogP contribution < -0.4 is 5.32 Å². The van der Waals surface area contributed by atoms with E-state index in [1.54, 1.807) is 53.7 Å². The summed E-state index contributed by atoms with van der Waals surface area (Å²) in [5, 5.41) is 3.04. The zero-order valence-electron chi connectivity index (χ0n) is 15.2. The lowest BCUT2D eigenvalue weighted by atomic mass is 9.94. The Morgan fingerprint density at radius 3 is 2.40 bits per heavy atom. The number of carbonyl (C=O) groups is 3. The summed E-state index contributed by atoms with van der Waals surface area (Å²) in [4.78, 5) is 36.5. The van der Waals surface area contributed by atoms with Crippen LogP contribution in [0, 0.1) is 12.3 Å². The molecule has 0 atom stereocenters. The van der Waals surface area contributed by atoms with Crippen LogP contribution in [0.5, 0.6) is 0 Å². The Morgan fingerprint density at radius 2 is 1.88 bits per heavy atom. The molecule has 5 nitrogen and oxygen atoms in total. The molecule has 0 aliphatic carbocycles. The highest BCUT2D eigenvalue weighted by Gasteiger charge is 2.43. The highest BCUT2D eigenvalue weighted by atomic mass is 35.5. The van der Waals surface area contributed by atoms with E-state index in [2.05, 4.69) is 5.32 Å². The van der Waals surface area contributed by atoms with Crippen LogP contribution in [0.1, 0.15) is 56.1 Å². The van der Waals surface area contributed by atoms with Crippen molar-refractivity contribution in [1.29, 1.82) is 0 Å². The summed E-state index contributed by atoms with van der Waals surface area (Å²) < 4.78 is 5.60. The molecule has 0 fully saturated rings. The fraction of sp³-hybridized carbons (Fsp3) is 0.421. The Morgan fingerprint density at radius 1 is 1.28 bits per heavy atom. The molecule has 25 heavy (non-hydrogen) atoms. The summed E-state index contributed by atoms with van der Waals surface area (Å²) in [6, 6.07) is 3.31. The second kappa shape index (κ2) is 6.30. The van der Waals surface area contributed by atoms with Crippen molar-refractivity contribution in [3.8, 4) is 0 Å². The summed E-state index contributed by atoms with van der Waals surface area (Å²) in [5.74, 6) is -0.734. The van der Waals surface area contributed by atoms with Gasteiger partial charge < -0.3 is 10.1 Å². The van der Waals surface area contributed by atoms with E-state index >= 15 is 0 Å². The molecule has 2 rings (SSSR count). The van der Waals surface area contributed by atoms with Crippen molar-refractivity contribution in [2.45, 2.75) is 47.1 Å². The molecule has 1 aromatic carbocycles. The van der Waals surface area contributed by atoms with Crippen molar-refractivity contribution in [2.24, 2.45) is 5.41 Å². The van der Waals surface area contributed by atoms with Crippen LogP contribution in [0.15, 0.2) is 17.9 Å². The van der Waals surface area contributed by atoms with Crippen molar-refractivity contribution in [3.05, 3.63) is 39.6 Å². The van der Waals surface area contributed by atoms with Crippen molar-refractivity contribution < 1.29 is 19.1 Å². The summed E-state index contributed by atoms with van der Waals surface area (Å²) in [6.45, 7) is 10.4. The summed E-state index contributed by atoms with van der Waals surface area (Å²) in [5.41, 5.74) is -0.178. The lowest BCUT2D eigenvalue weighted by molar-refractivity contribution is -0.149. The monoisotopic (exact) mass is 363 g/mol. The third kappa shape index (κ3) is 3.61. The van der Waals surface area contributed by atoms with Gasteiger partial charge in [-0.25, -0.2) is 0 Å². The van der Waals surface area contributed by atoms with Gasteiger partial charge in [-0.1, -0.05) is 11.6 Å². The largest absolute Gasteiger partial charge is 0.427 e. The Bertz CT molecular complexity index is 800. The van der Waals surface area contributed by atoms with Gasteiger partial charge >= 0.3 is 5.97 Å². The number of halogens is 1. The van der Waals surface area contributed by atoms with Crippen LogP contribution in [-0.2, 0) is 14.3 Å². The zero-order valence-corrected chi connectivity index (χ0v) is 16.0. The van der Waals surface area contributed by atoms with Crippen LogP contribution in [0.4, 0.5) is 0 Å². The molecule has 0 radical (unpaired) electrons. The van der Waals surface area contributed by atoms with E-state index < -0.39 is 22.8 Å². The van der Waals surface area contributed by atoms with Crippen molar-refractivity contribution in [1.82, 2.24) is 5.32 Å². The highest BCUT2D eigenvalue weighted by molar-refractivity contribution is 6.36. The van der Waals surface area contributed by atoms with E-state index in [0.717, 1.165) is 5.56 Å². The maximum atomic E-state index is 12.6. The van der Waals surface area contributed by atoms with E-state index in [4.69, 9.17) is 16.3 Å². The third-order valence-corrected chi connectivity index (χ3v) is 4.20. The Kier molecular flexibility index (Phi) is 4.83. The number of aldehydes is 1. The number of benzene rings is 1. The van der Waals surface area contributed by atoms with E-state index in [0.29, 0.717) is 6.29 Å². The summed E-state index contributed by atoms with van der Waals surface area (Å²) in [6.07, 6.45) is 0.642. The molecular formula is C19H22ClNO4. The SMILES string of the molecule is Cc1cc(Cl)c(C2=C(OC(=O)C(C)(C)C)C(C)(C)NC2=O)c(C=O)c1. The standard InChI is InChI=1S/C19H22ClNO4/c1-10-7-11(9-22)13(12(20)8-10)14-15(19(5,6)21-16(14)23)25-17(24)18(2,3)4/h7-9H,1-6H3,(H,21,23). The average Bonchev–Trinajstić information content (AvgIpc) is 2.66. The normalized spacial score (nSPS) is 16.7. The third-order valence-electron chi connectivity index (χ3n) is 3.90. The van der Waals surface area contributed by atoms with Crippen LogP contribution in [0.2, 0.25) is 5.02 Å². The molecule has 0 spiro atoms. The van der Waals surface area contributed by atoms with Crippen LogP contribution in [-0.4, -0.2) is 23.7 Å². The zero-order chi connectivity index (χ0) is 19.2. The first-order valence-electron chi connectivity index (χ1n) is 7.93. The quantitative estimate of drug-likeness (QED) is 0.657. The second-order valence-corrected chi connectivity index (χ2v) is 8.16. The number of hydrogen-bond acceptors (Lipinski definition) is 4. The molecule has 0 saturated carbocycles. The fourth-order valence-corrected chi connectivity index (χ4v) is 2.97. The maximum Gasteiger partial charge on any atom is 0.316 e. The predicted octanol–water partition coefficient (Wildman–Crippen LogP) is 3.67. The fourth-order valence-electron chi connectivity index (χ4n) is 2.60. The second-order valence-electron chi connectivity index (χ2n) is 7.75. The Labute approximate surface area is 152 Å². The number of nitrogens with one attached hydrogen (secondary N) is 1. The first-order valence-corrected chi connectivity index (χ1v) is 8.31. The van der Waals surface area contributed by atoms with E-state index in [-0.39, 0.29) is 27.5 Å². The molecule has 0 saturated heterocycles. The molecule has 134 valence electrons. The number of amides is 1.